The first kappa shape index (κ1) is 12.2. The molecule has 1 N–H and O–H groups in total. The second-order valence-electron chi connectivity index (χ2n) is 2.95. The van der Waals surface area contributed by atoms with Crippen LogP contribution in [0.15, 0.2) is 30.3 Å². The highest BCUT2D eigenvalue weighted by atomic mass is 79.9. The Kier molecular flexibility index (Phi) is 6.09. The SMILES string of the molecule is N#C[B-][NH+](CCBr)OCc1ccccc1. The number of alkyl halides is 1. The summed E-state index contributed by atoms with van der Waals surface area (Å²) in [6.07, 6.45) is 0. The van der Waals surface area contributed by atoms with Gasteiger partial charge in [0.15, 0.2) is 7.41 Å². The number of hydrogen-bond acceptors (Lipinski definition) is 2. The highest BCUT2D eigenvalue weighted by Gasteiger charge is 1.99. The largest absolute Gasteiger partial charge is 0.403 e. The van der Waals surface area contributed by atoms with Gasteiger partial charge in [-0.05, 0) is 5.56 Å². The van der Waals surface area contributed by atoms with E-state index in [2.05, 4.69) is 15.9 Å². The lowest BCUT2D eigenvalue weighted by Gasteiger charge is -2.23. The fraction of sp³-hybridized carbons (Fsp3) is 0.300. The molecule has 1 aromatic rings. The van der Waals surface area contributed by atoms with Crippen LogP contribution in [-0.2, 0) is 11.4 Å². The van der Waals surface area contributed by atoms with E-state index >= 15 is 0 Å². The summed E-state index contributed by atoms with van der Waals surface area (Å²) in [4.78, 5) is 6.24. The Labute approximate surface area is 99.0 Å². The first-order valence-electron chi connectivity index (χ1n) is 4.68. The van der Waals surface area contributed by atoms with E-state index in [0.717, 1.165) is 22.4 Å². The fourth-order valence-corrected chi connectivity index (χ4v) is 1.49. The van der Waals surface area contributed by atoms with Crippen LogP contribution in [0.1, 0.15) is 5.56 Å². The average molecular weight is 267 g/mol. The third-order valence-electron chi connectivity index (χ3n) is 1.83. The molecule has 5 heteroatoms. The van der Waals surface area contributed by atoms with E-state index in [-0.39, 0.29) is 0 Å². The maximum Gasteiger partial charge on any atom is 0.159 e. The number of benzene rings is 1. The van der Waals surface area contributed by atoms with Gasteiger partial charge in [-0.1, -0.05) is 46.3 Å². The minimum atomic E-state index is 0.515. The van der Waals surface area contributed by atoms with Gasteiger partial charge in [0.2, 0.25) is 0 Å². The minimum Gasteiger partial charge on any atom is -0.403 e. The summed E-state index contributed by atoms with van der Waals surface area (Å²) in [7, 11) is 1.45. The molecule has 0 aliphatic rings. The molecule has 0 saturated carbocycles. The van der Waals surface area contributed by atoms with Crippen LogP contribution >= 0.6 is 15.9 Å². The lowest BCUT2D eigenvalue weighted by atomic mass is 9.98. The van der Waals surface area contributed by atoms with E-state index in [1.54, 1.807) is 0 Å². The number of hydroxylamine groups is 1. The lowest BCUT2D eigenvalue weighted by molar-refractivity contribution is -1.00. The van der Waals surface area contributed by atoms with E-state index < -0.39 is 0 Å². The Morgan fingerprint density at radius 3 is 2.73 bits per heavy atom. The van der Waals surface area contributed by atoms with Crippen molar-refractivity contribution in [3.63, 3.8) is 0 Å². The fourth-order valence-electron chi connectivity index (χ4n) is 1.10. The third-order valence-corrected chi connectivity index (χ3v) is 2.23. The van der Waals surface area contributed by atoms with Crippen LogP contribution in [0.5, 0.6) is 0 Å². The maximum absolute atomic E-state index is 8.54. The Morgan fingerprint density at radius 1 is 1.40 bits per heavy atom. The first-order valence-corrected chi connectivity index (χ1v) is 5.80. The van der Waals surface area contributed by atoms with Gasteiger partial charge in [0.05, 0.1) is 11.9 Å². The summed E-state index contributed by atoms with van der Waals surface area (Å²) in [5, 5.41) is 9.34. The van der Waals surface area contributed by atoms with Gasteiger partial charge in [0, 0.05) is 0 Å². The average Bonchev–Trinajstić information content (AvgIpc) is 2.28. The quantitative estimate of drug-likeness (QED) is 0.463. The van der Waals surface area contributed by atoms with Crippen LogP contribution < -0.4 is 4.97 Å². The summed E-state index contributed by atoms with van der Waals surface area (Å²) in [5.74, 6) is 1.98. The first-order chi connectivity index (χ1) is 7.36. The number of hydrogen-bond donors (Lipinski definition) is 1. The molecule has 15 heavy (non-hydrogen) atoms. The number of nitrogens with zero attached hydrogens (tertiary/aromatic N) is 1. The molecule has 1 rings (SSSR count). The molecule has 0 fully saturated rings. The molecule has 1 aromatic carbocycles. The summed E-state index contributed by atoms with van der Waals surface area (Å²) in [6.45, 7) is 1.25. The highest BCUT2D eigenvalue weighted by Crippen LogP contribution is 1.97. The van der Waals surface area contributed by atoms with Gasteiger partial charge in [-0.3, -0.25) is 4.84 Å². The molecule has 0 saturated heterocycles. The molecule has 0 bridgehead atoms. The molecule has 78 valence electrons. The molecule has 3 nitrogen and oxygen atoms in total. The van der Waals surface area contributed by atoms with Gasteiger partial charge in [-0.15, -0.1) is 5.97 Å². The van der Waals surface area contributed by atoms with Crippen LogP contribution in [0.25, 0.3) is 0 Å². The Morgan fingerprint density at radius 2 is 2.13 bits per heavy atom. The molecule has 0 aliphatic carbocycles. The zero-order valence-corrected chi connectivity index (χ0v) is 9.90. The van der Waals surface area contributed by atoms with Gasteiger partial charge >= 0.3 is 0 Å². The van der Waals surface area contributed by atoms with Gasteiger partial charge in [-0.25, -0.2) is 5.26 Å². The molecular formula is C10H12BBrN2O. The smallest absolute Gasteiger partial charge is 0.159 e. The van der Waals surface area contributed by atoms with Crippen LogP contribution in [0.3, 0.4) is 0 Å². The number of rotatable bonds is 6. The Balaban J connectivity index is 2.37. The van der Waals surface area contributed by atoms with Crippen molar-refractivity contribution in [1.82, 2.24) is 0 Å². The number of nitrogens with one attached hydrogen (secondary N) is 1. The standard InChI is InChI=1S/C10H12BBrN2O/c12-6-7-14(11-9-13)15-8-10-4-2-1-3-5-10/h1-5,14H,6-8H2. The number of nitriles is 1. The predicted octanol–water partition coefficient (Wildman–Crippen LogP) is 0.498. The van der Waals surface area contributed by atoms with Crippen LogP contribution in [0, 0.1) is 11.2 Å². The number of quaternary nitrogens is 1. The predicted molar refractivity (Wildman–Crippen MR) is 62.2 cm³/mol. The van der Waals surface area contributed by atoms with Crippen molar-refractivity contribution in [3.05, 3.63) is 35.9 Å². The van der Waals surface area contributed by atoms with Crippen molar-refractivity contribution < 1.29 is 9.81 Å². The van der Waals surface area contributed by atoms with Gasteiger partial charge in [-0.2, -0.15) is 0 Å². The molecule has 0 heterocycles. The minimum absolute atomic E-state index is 0.515. The van der Waals surface area contributed by atoms with Gasteiger partial charge < -0.3 is 4.97 Å². The third kappa shape index (κ3) is 4.98. The van der Waals surface area contributed by atoms with Gasteiger partial charge in [0.25, 0.3) is 0 Å². The van der Waals surface area contributed by atoms with E-state index in [0.29, 0.717) is 6.61 Å². The lowest BCUT2D eigenvalue weighted by Crippen LogP contribution is -3.13. The van der Waals surface area contributed by atoms with Crippen molar-refractivity contribution >= 4 is 23.3 Å². The normalized spacial score (nSPS) is 12.0. The van der Waals surface area contributed by atoms with Crippen molar-refractivity contribution in [1.29, 1.82) is 5.26 Å². The van der Waals surface area contributed by atoms with E-state index in [9.17, 15) is 0 Å². The number of halogens is 1. The Bertz CT molecular complexity index is 315. The maximum atomic E-state index is 8.54. The molecular weight excluding hydrogens is 255 g/mol. The van der Waals surface area contributed by atoms with Crippen LogP contribution in [0.4, 0.5) is 0 Å². The zero-order chi connectivity index (χ0) is 10.9. The van der Waals surface area contributed by atoms with Crippen molar-refractivity contribution in [3.8, 4) is 5.97 Å². The molecule has 1 atom stereocenters. The molecule has 0 amide bonds. The highest BCUT2D eigenvalue weighted by molar-refractivity contribution is 9.09. The molecule has 1 unspecified atom stereocenters. The summed E-state index contributed by atoms with van der Waals surface area (Å²) >= 11 is 3.32. The zero-order valence-electron chi connectivity index (χ0n) is 8.32. The molecule has 0 aliphatic heterocycles. The van der Waals surface area contributed by atoms with Crippen molar-refractivity contribution in [2.45, 2.75) is 6.61 Å². The van der Waals surface area contributed by atoms with Crippen LogP contribution in [-0.4, -0.2) is 19.3 Å². The monoisotopic (exact) mass is 266 g/mol. The van der Waals surface area contributed by atoms with E-state index in [1.807, 2.05) is 36.3 Å². The second kappa shape index (κ2) is 7.46. The molecule has 0 spiro atoms. The Hall–Kier alpha value is -0.825. The van der Waals surface area contributed by atoms with Crippen molar-refractivity contribution in [2.24, 2.45) is 0 Å². The molecule has 0 aromatic heterocycles. The van der Waals surface area contributed by atoms with Gasteiger partial charge in [0.1, 0.15) is 6.61 Å². The second-order valence-corrected chi connectivity index (χ2v) is 3.75. The molecule has 2 radical (unpaired) electrons. The van der Waals surface area contributed by atoms with Crippen LogP contribution in [0.2, 0.25) is 0 Å². The van der Waals surface area contributed by atoms with E-state index in [4.69, 9.17) is 10.1 Å². The summed E-state index contributed by atoms with van der Waals surface area (Å²) < 4.78 is 0. The summed E-state index contributed by atoms with van der Waals surface area (Å²) in [5.41, 5.74) is 1.11. The van der Waals surface area contributed by atoms with E-state index in [1.165, 1.54) is 7.41 Å². The van der Waals surface area contributed by atoms with Crippen molar-refractivity contribution in [2.75, 3.05) is 11.9 Å². The topological polar surface area (TPSA) is 37.5 Å². The summed E-state index contributed by atoms with van der Waals surface area (Å²) in [6, 6.07) is 9.90.